The predicted molar refractivity (Wildman–Crippen MR) is 85.8 cm³/mol. The first-order valence-corrected chi connectivity index (χ1v) is 8.05. The molecule has 5 heteroatoms. The fourth-order valence-corrected chi connectivity index (χ4v) is 1.87. The van der Waals surface area contributed by atoms with Crippen molar-refractivity contribution in [2.45, 2.75) is 46.5 Å². The molecule has 0 radical (unpaired) electrons. The van der Waals surface area contributed by atoms with Crippen molar-refractivity contribution in [1.82, 2.24) is 0 Å². The maximum atomic E-state index is 13.8. The molecule has 0 atom stereocenters. The van der Waals surface area contributed by atoms with Gasteiger partial charge in [0.1, 0.15) is 6.61 Å². The Labute approximate surface area is 137 Å². The molecule has 1 rings (SSSR count). The highest BCUT2D eigenvalue weighted by molar-refractivity contribution is 5.81. The van der Waals surface area contributed by atoms with E-state index in [1.165, 1.54) is 12.1 Å². The summed E-state index contributed by atoms with van der Waals surface area (Å²) in [6.45, 7) is 8.14. The van der Waals surface area contributed by atoms with Crippen molar-refractivity contribution >= 4 is 5.78 Å². The van der Waals surface area contributed by atoms with Crippen LogP contribution in [0.1, 0.15) is 52.0 Å². The SMILES string of the molecule is CC(C)C(=O)COCCCCOc1c(F)cc(C(C)C)cc1F. The molecule has 0 bridgehead atoms. The molecule has 0 aromatic heterocycles. The monoisotopic (exact) mass is 328 g/mol. The zero-order valence-electron chi connectivity index (χ0n) is 14.3. The highest BCUT2D eigenvalue weighted by Gasteiger charge is 2.14. The third-order valence-electron chi connectivity index (χ3n) is 3.50. The van der Waals surface area contributed by atoms with E-state index < -0.39 is 11.6 Å². The molecule has 0 amide bonds. The largest absolute Gasteiger partial charge is 0.488 e. The lowest BCUT2D eigenvalue weighted by Crippen LogP contribution is -2.15. The van der Waals surface area contributed by atoms with Crippen LogP contribution in [-0.4, -0.2) is 25.6 Å². The smallest absolute Gasteiger partial charge is 0.190 e. The molecule has 1 aromatic carbocycles. The van der Waals surface area contributed by atoms with Crippen LogP contribution in [0.5, 0.6) is 5.75 Å². The molecule has 0 N–H and O–H groups in total. The lowest BCUT2D eigenvalue weighted by Gasteiger charge is -2.12. The molecule has 0 heterocycles. The van der Waals surface area contributed by atoms with Gasteiger partial charge >= 0.3 is 0 Å². The molecule has 0 saturated heterocycles. The molecule has 0 aliphatic carbocycles. The first-order valence-electron chi connectivity index (χ1n) is 8.05. The van der Waals surface area contributed by atoms with Crippen LogP contribution in [0.3, 0.4) is 0 Å². The third-order valence-corrected chi connectivity index (χ3v) is 3.50. The first kappa shape index (κ1) is 19.6. The lowest BCUT2D eigenvalue weighted by atomic mass is 10.0. The van der Waals surface area contributed by atoms with Gasteiger partial charge in [0.15, 0.2) is 23.2 Å². The summed E-state index contributed by atoms with van der Waals surface area (Å²) in [5, 5.41) is 0. The molecule has 23 heavy (non-hydrogen) atoms. The van der Waals surface area contributed by atoms with Gasteiger partial charge < -0.3 is 9.47 Å². The van der Waals surface area contributed by atoms with E-state index in [0.29, 0.717) is 25.0 Å². The van der Waals surface area contributed by atoms with E-state index in [0.717, 1.165) is 0 Å². The quantitative estimate of drug-likeness (QED) is 0.594. The second-order valence-corrected chi connectivity index (χ2v) is 6.20. The number of benzene rings is 1. The summed E-state index contributed by atoms with van der Waals surface area (Å²) < 4.78 is 38.1. The summed E-state index contributed by atoms with van der Waals surface area (Å²) in [7, 11) is 0. The van der Waals surface area contributed by atoms with Crippen molar-refractivity contribution in [3.63, 3.8) is 0 Å². The molecule has 0 saturated carbocycles. The minimum absolute atomic E-state index is 0.0295. The average molecular weight is 328 g/mol. The summed E-state index contributed by atoms with van der Waals surface area (Å²) in [6.07, 6.45) is 1.26. The molecule has 3 nitrogen and oxygen atoms in total. The molecule has 0 spiro atoms. The minimum atomic E-state index is -0.674. The predicted octanol–water partition coefficient (Wildman–Crippen LogP) is 4.49. The Morgan fingerprint density at radius 1 is 1.04 bits per heavy atom. The molecule has 0 fully saturated rings. The molecular weight excluding hydrogens is 302 g/mol. The van der Waals surface area contributed by atoms with Crippen LogP contribution in [0.15, 0.2) is 12.1 Å². The second-order valence-electron chi connectivity index (χ2n) is 6.20. The molecule has 1 aromatic rings. The van der Waals surface area contributed by atoms with Crippen molar-refractivity contribution in [2.24, 2.45) is 5.92 Å². The van der Waals surface area contributed by atoms with E-state index in [1.807, 2.05) is 27.7 Å². The summed E-state index contributed by atoms with van der Waals surface area (Å²) in [5.74, 6) is -1.59. The Morgan fingerprint density at radius 2 is 1.61 bits per heavy atom. The van der Waals surface area contributed by atoms with Gasteiger partial charge in [-0.2, -0.15) is 0 Å². The summed E-state index contributed by atoms with van der Waals surface area (Å²) in [5.41, 5.74) is 0.607. The van der Waals surface area contributed by atoms with Gasteiger partial charge in [0.2, 0.25) is 0 Å². The van der Waals surface area contributed by atoms with Gasteiger partial charge in [-0.3, -0.25) is 4.79 Å². The van der Waals surface area contributed by atoms with E-state index in [9.17, 15) is 13.6 Å². The van der Waals surface area contributed by atoms with Gasteiger partial charge in [0.25, 0.3) is 0 Å². The van der Waals surface area contributed by atoms with Crippen LogP contribution in [0.4, 0.5) is 8.78 Å². The lowest BCUT2D eigenvalue weighted by molar-refractivity contribution is -0.126. The third kappa shape index (κ3) is 6.65. The van der Waals surface area contributed by atoms with E-state index in [4.69, 9.17) is 9.47 Å². The summed E-state index contributed by atoms with van der Waals surface area (Å²) >= 11 is 0. The molecule has 0 aliphatic heterocycles. The highest BCUT2D eigenvalue weighted by atomic mass is 19.1. The number of hydrogen-bond donors (Lipinski definition) is 0. The number of rotatable bonds is 10. The van der Waals surface area contributed by atoms with Crippen LogP contribution in [-0.2, 0) is 9.53 Å². The maximum Gasteiger partial charge on any atom is 0.190 e. The Balaban J connectivity index is 2.30. The zero-order chi connectivity index (χ0) is 17.4. The topological polar surface area (TPSA) is 35.5 Å². The Morgan fingerprint density at radius 3 is 2.13 bits per heavy atom. The molecule has 0 unspecified atom stereocenters. The number of ether oxygens (including phenoxy) is 2. The van der Waals surface area contributed by atoms with Crippen molar-refractivity contribution in [1.29, 1.82) is 0 Å². The van der Waals surface area contributed by atoms with E-state index in [1.54, 1.807) is 0 Å². The average Bonchev–Trinajstić information content (AvgIpc) is 2.47. The fraction of sp³-hybridized carbons (Fsp3) is 0.611. The number of hydrogen-bond acceptors (Lipinski definition) is 3. The summed E-state index contributed by atoms with van der Waals surface area (Å²) in [4.78, 5) is 11.3. The van der Waals surface area contributed by atoms with Gasteiger partial charge in [0, 0.05) is 12.5 Å². The highest BCUT2D eigenvalue weighted by Crippen LogP contribution is 2.26. The fourth-order valence-electron chi connectivity index (χ4n) is 1.87. The number of halogens is 2. The normalized spacial score (nSPS) is 11.3. The molecular formula is C18H26F2O3. The maximum absolute atomic E-state index is 13.8. The summed E-state index contributed by atoms with van der Waals surface area (Å²) in [6, 6.07) is 2.62. The minimum Gasteiger partial charge on any atom is -0.488 e. The van der Waals surface area contributed by atoms with Gasteiger partial charge in [0.05, 0.1) is 6.61 Å². The standard InChI is InChI=1S/C18H26F2O3/c1-12(2)14-9-15(19)18(16(20)10-14)23-8-6-5-7-22-11-17(21)13(3)4/h9-10,12-13H,5-8,11H2,1-4H3. The number of ketones is 1. The zero-order valence-corrected chi connectivity index (χ0v) is 14.3. The van der Waals surface area contributed by atoms with Crippen molar-refractivity contribution in [2.75, 3.05) is 19.8 Å². The Bertz CT molecular complexity index is 490. The van der Waals surface area contributed by atoms with Crippen LogP contribution in [0.2, 0.25) is 0 Å². The van der Waals surface area contributed by atoms with E-state index in [2.05, 4.69) is 0 Å². The van der Waals surface area contributed by atoms with Crippen LogP contribution in [0.25, 0.3) is 0 Å². The Hall–Kier alpha value is -1.49. The number of carbonyl (C=O) groups excluding carboxylic acids is 1. The first-order chi connectivity index (χ1) is 10.8. The number of Topliss-reactive ketones (excluding diaryl/α,β-unsaturated/α-hetero) is 1. The number of unbranched alkanes of at least 4 members (excludes halogenated alkanes) is 1. The van der Waals surface area contributed by atoms with Crippen molar-refractivity contribution < 1.29 is 23.0 Å². The van der Waals surface area contributed by atoms with Crippen LogP contribution < -0.4 is 4.74 Å². The van der Waals surface area contributed by atoms with Crippen molar-refractivity contribution in [3.8, 4) is 5.75 Å². The Kier molecular flexibility index (Phi) is 8.17. The second kappa shape index (κ2) is 9.60. The van der Waals surface area contributed by atoms with Crippen LogP contribution in [0, 0.1) is 17.6 Å². The molecule has 0 aliphatic rings. The van der Waals surface area contributed by atoms with Gasteiger partial charge in [-0.1, -0.05) is 27.7 Å². The molecule has 130 valence electrons. The van der Waals surface area contributed by atoms with E-state index in [-0.39, 0.29) is 36.6 Å². The number of carbonyl (C=O) groups is 1. The van der Waals surface area contributed by atoms with Gasteiger partial charge in [-0.15, -0.1) is 0 Å². The van der Waals surface area contributed by atoms with Crippen LogP contribution >= 0.6 is 0 Å². The van der Waals surface area contributed by atoms with E-state index >= 15 is 0 Å². The van der Waals surface area contributed by atoms with Crippen molar-refractivity contribution in [3.05, 3.63) is 29.3 Å². The van der Waals surface area contributed by atoms with Gasteiger partial charge in [-0.25, -0.2) is 8.78 Å². The van der Waals surface area contributed by atoms with Gasteiger partial charge in [-0.05, 0) is 36.5 Å².